The van der Waals surface area contributed by atoms with E-state index in [0.717, 1.165) is 12.2 Å². The predicted molar refractivity (Wildman–Crippen MR) is 93.1 cm³/mol. The summed E-state index contributed by atoms with van der Waals surface area (Å²) in [5.41, 5.74) is 0.620. The van der Waals surface area contributed by atoms with Crippen LogP contribution in [-0.4, -0.2) is 30.5 Å². The summed E-state index contributed by atoms with van der Waals surface area (Å²) in [6.07, 6.45) is 4.97. The highest BCUT2D eigenvalue weighted by molar-refractivity contribution is 6.22. The van der Waals surface area contributed by atoms with Crippen molar-refractivity contribution in [3.8, 4) is 5.75 Å². The van der Waals surface area contributed by atoms with E-state index < -0.39 is 6.04 Å². The van der Waals surface area contributed by atoms with Crippen LogP contribution in [0.1, 0.15) is 46.0 Å². The normalized spacial score (nSPS) is 27.6. The largest absolute Gasteiger partial charge is 0.494 e. The average Bonchev–Trinajstić information content (AvgIpc) is 2.85. The van der Waals surface area contributed by atoms with Gasteiger partial charge in [0.2, 0.25) is 5.91 Å². The summed E-state index contributed by atoms with van der Waals surface area (Å²) in [7, 11) is 0. The summed E-state index contributed by atoms with van der Waals surface area (Å²) in [5.74, 6) is 1.03. The summed E-state index contributed by atoms with van der Waals surface area (Å²) in [4.78, 5) is 26.4. The standard InChI is InChI=1S/C19H26N2O3/c1-3-24-15-10-8-14(9-11-15)21-18(22)12-17(19(21)23)20-16-7-5-4-6-13(16)2/h8-11,13,16-17,20H,3-7,12H2,1-2H3/t13-,16+,17+/m1/s1. The first-order chi connectivity index (χ1) is 11.6. The fraction of sp³-hybridized carbons (Fsp3) is 0.579. The summed E-state index contributed by atoms with van der Waals surface area (Å²) >= 11 is 0. The topological polar surface area (TPSA) is 58.6 Å². The lowest BCUT2D eigenvalue weighted by atomic mass is 9.85. The number of anilines is 1. The number of carbonyl (C=O) groups is 2. The van der Waals surface area contributed by atoms with E-state index in [0.29, 0.717) is 24.3 Å². The molecule has 1 aliphatic carbocycles. The Bertz CT molecular complexity index is 599. The Morgan fingerprint density at radius 3 is 2.54 bits per heavy atom. The molecule has 2 amide bonds. The molecule has 130 valence electrons. The summed E-state index contributed by atoms with van der Waals surface area (Å²) < 4.78 is 5.41. The van der Waals surface area contributed by atoms with E-state index in [-0.39, 0.29) is 18.2 Å². The number of imide groups is 1. The molecule has 1 aromatic rings. The first-order valence-electron chi connectivity index (χ1n) is 8.96. The Morgan fingerprint density at radius 2 is 1.88 bits per heavy atom. The molecule has 0 unspecified atom stereocenters. The van der Waals surface area contributed by atoms with Gasteiger partial charge < -0.3 is 10.1 Å². The van der Waals surface area contributed by atoms with E-state index in [9.17, 15) is 9.59 Å². The van der Waals surface area contributed by atoms with Crippen molar-refractivity contribution in [3.63, 3.8) is 0 Å². The number of ether oxygens (including phenoxy) is 1. The molecule has 1 saturated carbocycles. The Balaban J connectivity index is 1.69. The average molecular weight is 330 g/mol. The van der Waals surface area contributed by atoms with Crippen molar-refractivity contribution < 1.29 is 14.3 Å². The minimum absolute atomic E-state index is 0.134. The van der Waals surface area contributed by atoms with E-state index in [2.05, 4.69) is 12.2 Å². The molecule has 1 N–H and O–H groups in total. The van der Waals surface area contributed by atoms with Gasteiger partial charge in [-0.2, -0.15) is 0 Å². The van der Waals surface area contributed by atoms with Crippen LogP contribution in [0.3, 0.4) is 0 Å². The highest BCUT2D eigenvalue weighted by atomic mass is 16.5. The zero-order valence-electron chi connectivity index (χ0n) is 14.5. The van der Waals surface area contributed by atoms with Gasteiger partial charge in [-0.05, 0) is 49.9 Å². The molecule has 3 rings (SSSR count). The van der Waals surface area contributed by atoms with E-state index in [1.807, 2.05) is 6.92 Å². The van der Waals surface area contributed by atoms with E-state index >= 15 is 0 Å². The number of amides is 2. The molecule has 0 bridgehead atoms. The predicted octanol–water partition coefficient (Wildman–Crippen LogP) is 2.89. The molecular formula is C19H26N2O3. The number of hydrogen-bond acceptors (Lipinski definition) is 4. The molecule has 1 aliphatic heterocycles. The van der Waals surface area contributed by atoms with Crippen LogP contribution in [0.2, 0.25) is 0 Å². The second kappa shape index (κ2) is 7.34. The van der Waals surface area contributed by atoms with Gasteiger partial charge in [0.25, 0.3) is 5.91 Å². The molecule has 5 heteroatoms. The number of benzene rings is 1. The Labute approximate surface area is 143 Å². The van der Waals surface area contributed by atoms with Crippen LogP contribution in [0.5, 0.6) is 5.75 Å². The molecule has 1 saturated heterocycles. The van der Waals surface area contributed by atoms with E-state index in [1.54, 1.807) is 24.3 Å². The van der Waals surface area contributed by atoms with Gasteiger partial charge in [0.15, 0.2) is 0 Å². The molecule has 1 heterocycles. The lowest BCUT2D eigenvalue weighted by molar-refractivity contribution is -0.121. The highest BCUT2D eigenvalue weighted by Gasteiger charge is 2.41. The number of nitrogens with one attached hydrogen (secondary N) is 1. The number of carbonyl (C=O) groups excluding carboxylic acids is 2. The van der Waals surface area contributed by atoms with Gasteiger partial charge in [-0.1, -0.05) is 19.8 Å². The number of hydrogen-bond donors (Lipinski definition) is 1. The molecule has 1 aromatic carbocycles. The molecule has 2 aliphatic rings. The summed E-state index contributed by atoms with van der Waals surface area (Å²) in [6.45, 7) is 4.73. The van der Waals surface area contributed by atoms with Crippen LogP contribution in [-0.2, 0) is 9.59 Å². The minimum atomic E-state index is -0.394. The zero-order valence-corrected chi connectivity index (χ0v) is 14.5. The third-order valence-corrected chi connectivity index (χ3v) is 5.08. The van der Waals surface area contributed by atoms with Gasteiger partial charge in [0.1, 0.15) is 5.75 Å². The molecular weight excluding hydrogens is 304 g/mol. The second-order valence-electron chi connectivity index (χ2n) is 6.79. The van der Waals surface area contributed by atoms with Crippen molar-refractivity contribution in [2.45, 2.75) is 58.0 Å². The van der Waals surface area contributed by atoms with Crippen LogP contribution in [0.4, 0.5) is 5.69 Å². The molecule has 0 radical (unpaired) electrons. The van der Waals surface area contributed by atoms with Gasteiger partial charge in [-0.3, -0.25) is 9.59 Å². The van der Waals surface area contributed by atoms with Gasteiger partial charge >= 0.3 is 0 Å². The smallest absolute Gasteiger partial charge is 0.251 e. The van der Waals surface area contributed by atoms with Crippen LogP contribution in [0.25, 0.3) is 0 Å². The van der Waals surface area contributed by atoms with Crippen LogP contribution >= 0.6 is 0 Å². The van der Waals surface area contributed by atoms with Gasteiger partial charge in [-0.25, -0.2) is 4.90 Å². The monoisotopic (exact) mass is 330 g/mol. The first kappa shape index (κ1) is 17.0. The maximum absolute atomic E-state index is 12.7. The van der Waals surface area contributed by atoms with Crippen molar-refractivity contribution in [3.05, 3.63) is 24.3 Å². The molecule has 0 spiro atoms. The third kappa shape index (κ3) is 3.46. The molecule has 3 atom stereocenters. The Hall–Kier alpha value is -1.88. The summed E-state index contributed by atoms with van der Waals surface area (Å²) in [6, 6.07) is 7.07. The third-order valence-electron chi connectivity index (χ3n) is 5.08. The quantitative estimate of drug-likeness (QED) is 0.844. The van der Waals surface area contributed by atoms with Crippen molar-refractivity contribution in [2.24, 2.45) is 5.92 Å². The SMILES string of the molecule is CCOc1ccc(N2C(=O)C[C@H](N[C@H]3CCCC[C@H]3C)C2=O)cc1. The Morgan fingerprint density at radius 1 is 1.17 bits per heavy atom. The second-order valence-corrected chi connectivity index (χ2v) is 6.79. The lowest BCUT2D eigenvalue weighted by Gasteiger charge is -2.31. The molecule has 2 fully saturated rings. The molecule has 0 aromatic heterocycles. The van der Waals surface area contributed by atoms with Crippen LogP contribution < -0.4 is 15.0 Å². The van der Waals surface area contributed by atoms with Crippen LogP contribution in [0.15, 0.2) is 24.3 Å². The van der Waals surface area contributed by atoms with E-state index in [1.165, 1.54) is 24.2 Å². The lowest BCUT2D eigenvalue weighted by Crippen LogP contribution is -2.47. The highest BCUT2D eigenvalue weighted by Crippen LogP contribution is 2.28. The maximum Gasteiger partial charge on any atom is 0.251 e. The van der Waals surface area contributed by atoms with Gasteiger partial charge in [-0.15, -0.1) is 0 Å². The fourth-order valence-corrected chi connectivity index (χ4v) is 3.71. The molecule has 5 nitrogen and oxygen atoms in total. The van der Waals surface area contributed by atoms with Crippen molar-refractivity contribution >= 4 is 17.5 Å². The van der Waals surface area contributed by atoms with Crippen molar-refractivity contribution in [1.82, 2.24) is 5.32 Å². The van der Waals surface area contributed by atoms with E-state index in [4.69, 9.17) is 4.74 Å². The van der Waals surface area contributed by atoms with Crippen molar-refractivity contribution in [1.29, 1.82) is 0 Å². The van der Waals surface area contributed by atoms with Crippen molar-refractivity contribution in [2.75, 3.05) is 11.5 Å². The van der Waals surface area contributed by atoms with Crippen LogP contribution in [0, 0.1) is 5.92 Å². The minimum Gasteiger partial charge on any atom is -0.494 e. The fourth-order valence-electron chi connectivity index (χ4n) is 3.71. The van der Waals surface area contributed by atoms with Gasteiger partial charge in [0.05, 0.1) is 24.8 Å². The Kier molecular flexibility index (Phi) is 5.19. The zero-order chi connectivity index (χ0) is 17.1. The maximum atomic E-state index is 12.7. The summed E-state index contributed by atoms with van der Waals surface area (Å²) in [5, 5.41) is 3.44. The van der Waals surface area contributed by atoms with Gasteiger partial charge in [0, 0.05) is 6.04 Å². The first-order valence-corrected chi connectivity index (χ1v) is 8.96. The number of nitrogens with zero attached hydrogens (tertiary/aromatic N) is 1. The number of rotatable bonds is 5. The molecule has 24 heavy (non-hydrogen) atoms.